The minimum absolute atomic E-state index is 0.150. The number of carboxylic acids is 1. The predicted octanol–water partition coefficient (Wildman–Crippen LogP) is 5.41. The van der Waals surface area contributed by atoms with Crippen molar-refractivity contribution in [2.24, 2.45) is 0 Å². The van der Waals surface area contributed by atoms with E-state index < -0.39 is 5.97 Å². The minimum Gasteiger partial charge on any atom is -0.490 e. The van der Waals surface area contributed by atoms with Gasteiger partial charge in [0.15, 0.2) is 11.5 Å². The van der Waals surface area contributed by atoms with Crippen molar-refractivity contribution >= 4 is 34.9 Å². The Kier molecular flexibility index (Phi) is 9.10. The van der Waals surface area contributed by atoms with E-state index in [1.807, 2.05) is 54.3 Å². The first-order valence-electron chi connectivity index (χ1n) is 12.5. The summed E-state index contributed by atoms with van der Waals surface area (Å²) in [5.41, 5.74) is 3.06. The Morgan fingerprint density at radius 3 is 2.34 bits per heavy atom. The number of halogens is 1. The highest BCUT2D eigenvalue weighted by Gasteiger charge is 2.22. The Labute approximate surface area is 227 Å². The van der Waals surface area contributed by atoms with E-state index in [0.29, 0.717) is 67.4 Å². The molecule has 38 heavy (non-hydrogen) atoms. The number of benzene rings is 3. The third-order valence-electron chi connectivity index (χ3n) is 6.21. The lowest BCUT2D eigenvalue weighted by molar-refractivity contribution is -0.116. The van der Waals surface area contributed by atoms with E-state index in [1.54, 1.807) is 23.1 Å². The van der Waals surface area contributed by atoms with Crippen molar-refractivity contribution in [1.82, 2.24) is 0 Å². The van der Waals surface area contributed by atoms with Crippen LogP contribution in [-0.2, 0) is 22.7 Å². The molecule has 9 heteroatoms. The van der Waals surface area contributed by atoms with Crippen LogP contribution in [0.3, 0.4) is 0 Å². The van der Waals surface area contributed by atoms with Gasteiger partial charge in [-0.1, -0.05) is 29.8 Å². The molecule has 1 N–H and O–H groups in total. The first-order valence-corrected chi connectivity index (χ1v) is 12.8. The molecule has 4 rings (SSSR count). The molecule has 1 aliphatic rings. The molecular weight excluding hydrogens is 508 g/mol. The van der Waals surface area contributed by atoms with Gasteiger partial charge in [-0.3, -0.25) is 4.79 Å². The molecule has 1 aliphatic heterocycles. The van der Waals surface area contributed by atoms with Gasteiger partial charge in [0.1, 0.15) is 6.61 Å². The number of carbonyl (C=O) groups excluding carboxylic acids is 1. The van der Waals surface area contributed by atoms with Crippen LogP contribution in [0.15, 0.2) is 60.7 Å². The second-order valence-electron chi connectivity index (χ2n) is 8.84. The van der Waals surface area contributed by atoms with Gasteiger partial charge < -0.3 is 29.1 Å². The Balaban J connectivity index is 1.56. The SMILES string of the molecule is CCOc1cc(CN(C(C)=O)c2ccc(N3CCOCC3)c(C(=O)O)c2)ccc1OCc1ccc(Cl)cc1. The molecule has 0 spiro atoms. The summed E-state index contributed by atoms with van der Waals surface area (Å²) >= 11 is 5.96. The van der Waals surface area contributed by atoms with E-state index >= 15 is 0 Å². The molecular formula is C29H31ClN2O6. The number of nitrogens with zero attached hydrogens (tertiary/aromatic N) is 2. The Hall–Kier alpha value is -3.75. The fourth-order valence-corrected chi connectivity index (χ4v) is 4.42. The van der Waals surface area contributed by atoms with Crippen LogP contribution in [0.5, 0.6) is 11.5 Å². The molecule has 1 fully saturated rings. The van der Waals surface area contributed by atoms with Gasteiger partial charge >= 0.3 is 5.97 Å². The standard InChI is InChI=1S/C29H31ClN2O6/c1-3-37-28-16-22(6-11-27(28)38-19-21-4-7-23(30)8-5-21)18-32(20(2)33)24-9-10-26(25(17-24)29(34)35)31-12-14-36-15-13-31/h4-11,16-17H,3,12-15,18-19H2,1-2H3,(H,34,35). The van der Waals surface area contributed by atoms with Gasteiger partial charge in [0.05, 0.1) is 37.6 Å². The Morgan fingerprint density at radius 1 is 0.974 bits per heavy atom. The lowest BCUT2D eigenvalue weighted by Crippen LogP contribution is -2.37. The van der Waals surface area contributed by atoms with Crippen LogP contribution >= 0.6 is 11.6 Å². The maximum absolute atomic E-state index is 12.7. The summed E-state index contributed by atoms with van der Waals surface area (Å²) in [4.78, 5) is 28.3. The predicted molar refractivity (Wildman–Crippen MR) is 147 cm³/mol. The highest BCUT2D eigenvalue weighted by Crippen LogP contribution is 2.32. The molecule has 0 atom stereocenters. The van der Waals surface area contributed by atoms with Gasteiger partial charge in [-0.15, -0.1) is 0 Å². The van der Waals surface area contributed by atoms with Crippen LogP contribution < -0.4 is 19.3 Å². The van der Waals surface area contributed by atoms with Gasteiger partial charge in [0.25, 0.3) is 0 Å². The summed E-state index contributed by atoms with van der Waals surface area (Å²) in [6.45, 7) is 6.70. The monoisotopic (exact) mass is 538 g/mol. The third kappa shape index (κ3) is 6.76. The molecule has 3 aromatic carbocycles. The molecule has 0 bridgehead atoms. The molecule has 8 nitrogen and oxygen atoms in total. The zero-order valence-electron chi connectivity index (χ0n) is 21.5. The van der Waals surface area contributed by atoms with Crippen molar-refractivity contribution in [1.29, 1.82) is 0 Å². The average molecular weight is 539 g/mol. The summed E-state index contributed by atoms with van der Waals surface area (Å²) in [5, 5.41) is 10.6. The zero-order valence-corrected chi connectivity index (χ0v) is 22.2. The van der Waals surface area contributed by atoms with Crippen molar-refractivity contribution in [2.45, 2.75) is 27.0 Å². The summed E-state index contributed by atoms with van der Waals surface area (Å²) in [6, 6.07) is 18.1. The van der Waals surface area contributed by atoms with Crippen molar-refractivity contribution in [3.05, 3.63) is 82.4 Å². The molecule has 0 aliphatic carbocycles. The van der Waals surface area contributed by atoms with E-state index in [-0.39, 0.29) is 18.0 Å². The molecule has 0 aromatic heterocycles. The summed E-state index contributed by atoms with van der Waals surface area (Å²) in [5.74, 6) is -0.0986. The number of aromatic carboxylic acids is 1. The van der Waals surface area contributed by atoms with E-state index in [2.05, 4.69) is 0 Å². The Bertz CT molecular complexity index is 1270. The number of amides is 1. The van der Waals surface area contributed by atoms with Gasteiger partial charge in [-0.25, -0.2) is 4.79 Å². The first-order chi connectivity index (χ1) is 18.4. The molecule has 0 unspecified atom stereocenters. The molecule has 200 valence electrons. The number of hydrogen-bond acceptors (Lipinski definition) is 6. The summed E-state index contributed by atoms with van der Waals surface area (Å²) < 4.78 is 17.2. The minimum atomic E-state index is -1.04. The van der Waals surface area contributed by atoms with Crippen molar-refractivity contribution in [3.63, 3.8) is 0 Å². The van der Waals surface area contributed by atoms with E-state index in [9.17, 15) is 14.7 Å². The van der Waals surface area contributed by atoms with Crippen LogP contribution in [0.2, 0.25) is 5.02 Å². The van der Waals surface area contributed by atoms with Crippen molar-refractivity contribution in [2.75, 3.05) is 42.7 Å². The highest BCUT2D eigenvalue weighted by atomic mass is 35.5. The summed E-state index contributed by atoms with van der Waals surface area (Å²) in [7, 11) is 0. The van der Waals surface area contributed by atoms with Crippen LogP contribution in [0, 0.1) is 0 Å². The molecule has 3 aromatic rings. The molecule has 0 saturated carbocycles. The fourth-order valence-electron chi connectivity index (χ4n) is 4.29. The molecule has 0 radical (unpaired) electrons. The molecule has 1 heterocycles. The van der Waals surface area contributed by atoms with Crippen LogP contribution in [0.1, 0.15) is 35.3 Å². The smallest absolute Gasteiger partial charge is 0.337 e. The van der Waals surface area contributed by atoms with Gasteiger partial charge in [0.2, 0.25) is 5.91 Å². The number of morpholine rings is 1. The average Bonchev–Trinajstić information content (AvgIpc) is 2.92. The van der Waals surface area contributed by atoms with E-state index in [1.165, 1.54) is 6.92 Å². The number of carbonyl (C=O) groups is 2. The van der Waals surface area contributed by atoms with Crippen LogP contribution in [-0.4, -0.2) is 49.9 Å². The molecule has 1 saturated heterocycles. The lowest BCUT2D eigenvalue weighted by Gasteiger charge is -2.31. The van der Waals surface area contributed by atoms with E-state index in [0.717, 1.165) is 11.1 Å². The third-order valence-corrected chi connectivity index (χ3v) is 6.46. The Morgan fingerprint density at radius 2 is 1.68 bits per heavy atom. The molecule has 1 amide bonds. The van der Waals surface area contributed by atoms with Crippen LogP contribution in [0.4, 0.5) is 11.4 Å². The summed E-state index contributed by atoms with van der Waals surface area (Å²) in [6.07, 6.45) is 0. The topological polar surface area (TPSA) is 88.5 Å². The normalized spacial score (nSPS) is 13.2. The maximum Gasteiger partial charge on any atom is 0.337 e. The quantitative estimate of drug-likeness (QED) is 0.369. The highest BCUT2D eigenvalue weighted by molar-refractivity contribution is 6.30. The van der Waals surface area contributed by atoms with Crippen molar-refractivity contribution in [3.8, 4) is 11.5 Å². The lowest BCUT2D eigenvalue weighted by atomic mass is 10.1. The number of ether oxygens (including phenoxy) is 3. The fraction of sp³-hybridized carbons (Fsp3) is 0.310. The number of anilines is 2. The van der Waals surface area contributed by atoms with Gasteiger partial charge in [-0.05, 0) is 60.5 Å². The first kappa shape index (κ1) is 27.3. The second-order valence-corrected chi connectivity index (χ2v) is 9.28. The van der Waals surface area contributed by atoms with Gasteiger partial charge in [0, 0.05) is 30.7 Å². The van der Waals surface area contributed by atoms with Crippen molar-refractivity contribution < 1.29 is 28.9 Å². The maximum atomic E-state index is 12.7. The van der Waals surface area contributed by atoms with E-state index in [4.69, 9.17) is 25.8 Å². The largest absolute Gasteiger partial charge is 0.490 e. The zero-order chi connectivity index (χ0) is 27.1. The van der Waals surface area contributed by atoms with Crippen LogP contribution in [0.25, 0.3) is 0 Å². The number of rotatable bonds is 10. The number of hydrogen-bond donors (Lipinski definition) is 1. The second kappa shape index (κ2) is 12.7. The number of carboxylic acid groups (broad SMARTS) is 1. The van der Waals surface area contributed by atoms with Gasteiger partial charge in [-0.2, -0.15) is 0 Å².